The molecule has 1 heterocycles. The fraction of sp³-hybridized carbons (Fsp3) is 0.222. The number of sulfonamides is 1. The number of benzene rings is 2. The summed E-state index contributed by atoms with van der Waals surface area (Å²) in [4.78, 5) is 25.0. The van der Waals surface area contributed by atoms with E-state index in [4.69, 9.17) is 21.4 Å². The van der Waals surface area contributed by atoms with E-state index < -0.39 is 28.1 Å². The third kappa shape index (κ3) is 3.38. The van der Waals surface area contributed by atoms with Gasteiger partial charge in [0.05, 0.1) is 11.4 Å². The number of halogens is 1. The molecule has 0 aromatic heterocycles. The molecular formula is C18H17ClN2O6S. The summed E-state index contributed by atoms with van der Waals surface area (Å²) in [5, 5.41) is 9.54. The Balaban J connectivity index is 2.06. The monoisotopic (exact) mass is 424 g/mol. The Morgan fingerprint density at radius 2 is 1.86 bits per heavy atom. The highest BCUT2D eigenvalue weighted by Gasteiger charge is 2.41. The van der Waals surface area contributed by atoms with Gasteiger partial charge in [0.1, 0.15) is 10.6 Å². The van der Waals surface area contributed by atoms with Gasteiger partial charge in [0.15, 0.2) is 6.10 Å². The van der Waals surface area contributed by atoms with Gasteiger partial charge >= 0.3 is 12.0 Å². The van der Waals surface area contributed by atoms with Gasteiger partial charge in [-0.3, -0.25) is 4.90 Å². The molecule has 0 saturated carbocycles. The summed E-state index contributed by atoms with van der Waals surface area (Å²) < 4.78 is 32.2. The Morgan fingerprint density at radius 3 is 2.43 bits per heavy atom. The van der Waals surface area contributed by atoms with Crippen molar-refractivity contribution in [2.24, 2.45) is 0 Å². The third-order valence-corrected chi connectivity index (χ3v) is 6.26. The molecule has 1 atom stereocenters. The molecule has 1 aliphatic rings. The van der Waals surface area contributed by atoms with Crippen LogP contribution in [-0.4, -0.2) is 38.7 Å². The first-order valence-corrected chi connectivity index (χ1v) is 10.1. The van der Waals surface area contributed by atoms with Crippen LogP contribution in [0.5, 0.6) is 5.75 Å². The number of hydrogen-bond acceptors (Lipinski definition) is 5. The van der Waals surface area contributed by atoms with Crippen LogP contribution in [0, 0.1) is 0 Å². The van der Waals surface area contributed by atoms with E-state index in [2.05, 4.69) is 0 Å². The lowest BCUT2D eigenvalue weighted by molar-refractivity contribution is -0.145. The van der Waals surface area contributed by atoms with Crippen LogP contribution >= 0.6 is 11.6 Å². The Bertz CT molecular complexity index is 1040. The van der Waals surface area contributed by atoms with Gasteiger partial charge in [-0.1, -0.05) is 18.5 Å². The molecule has 0 saturated heterocycles. The summed E-state index contributed by atoms with van der Waals surface area (Å²) in [7, 11) is -2.74. The number of anilines is 2. The second-order valence-electron chi connectivity index (χ2n) is 6.07. The predicted molar refractivity (Wildman–Crippen MR) is 104 cm³/mol. The van der Waals surface area contributed by atoms with Gasteiger partial charge in [-0.05, 0) is 42.8 Å². The summed E-state index contributed by atoms with van der Waals surface area (Å²) in [6.07, 6.45) is -0.853. The summed E-state index contributed by atoms with van der Waals surface area (Å²) in [5.74, 6) is -0.978. The van der Waals surface area contributed by atoms with E-state index in [1.807, 2.05) is 0 Å². The number of fused-ring (bicyclic) bond motifs is 1. The molecule has 0 radical (unpaired) electrons. The van der Waals surface area contributed by atoms with Crippen LogP contribution in [0.25, 0.3) is 0 Å². The summed E-state index contributed by atoms with van der Waals surface area (Å²) >= 11 is 5.84. The van der Waals surface area contributed by atoms with Gasteiger partial charge in [0.2, 0.25) is 0 Å². The van der Waals surface area contributed by atoms with Gasteiger partial charge in [-0.2, -0.15) is 4.31 Å². The van der Waals surface area contributed by atoms with Crippen LogP contribution in [0.4, 0.5) is 16.2 Å². The maximum atomic E-state index is 13.1. The molecular weight excluding hydrogens is 408 g/mol. The SMILES string of the molecule is CCC(Oc1ccc2c(c1)N(C)C(=O)N(c1ccc(Cl)cc1)S2(=O)=O)C(=O)O. The molecule has 1 N–H and O–H groups in total. The van der Waals surface area contributed by atoms with E-state index in [0.29, 0.717) is 9.33 Å². The van der Waals surface area contributed by atoms with E-state index in [9.17, 15) is 18.0 Å². The van der Waals surface area contributed by atoms with Crippen LogP contribution in [-0.2, 0) is 14.8 Å². The zero-order valence-electron chi connectivity index (χ0n) is 15.0. The molecule has 8 nitrogen and oxygen atoms in total. The molecule has 0 spiro atoms. The molecule has 0 fully saturated rings. The number of carboxylic acid groups (broad SMARTS) is 1. The second-order valence-corrected chi connectivity index (χ2v) is 8.26. The lowest BCUT2D eigenvalue weighted by atomic mass is 10.2. The first-order chi connectivity index (χ1) is 13.2. The highest BCUT2D eigenvalue weighted by Crippen LogP contribution is 2.38. The van der Waals surface area contributed by atoms with E-state index in [0.717, 1.165) is 0 Å². The molecule has 28 heavy (non-hydrogen) atoms. The van der Waals surface area contributed by atoms with Crippen molar-refractivity contribution in [1.29, 1.82) is 0 Å². The largest absolute Gasteiger partial charge is 0.479 e. The van der Waals surface area contributed by atoms with E-state index >= 15 is 0 Å². The molecule has 148 valence electrons. The van der Waals surface area contributed by atoms with Gasteiger partial charge in [0, 0.05) is 18.1 Å². The maximum absolute atomic E-state index is 13.1. The van der Waals surface area contributed by atoms with Gasteiger partial charge in [0.25, 0.3) is 10.0 Å². The Hall–Kier alpha value is -2.78. The fourth-order valence-electron chi connectivity index (χ4n) is 2.79. The number of rotatable bonds is 5. The van der Waals surface area contributed by atoms with Crippen LogP contribution in [0.2, 0.25) is 5.02 Å². The molecule has 0 bridgehead atoms. The molecule has 1 aliphatic heterocycles. The lowest BCUT2D eigenvalue weighted by Crippen LogP contribution is -2.49. The topological polar surface area (TPSA) is 104 Å². The van der Waals surface area contributed by atoms with Crippen molar-refractivity contribution in [2.45, 2.75) is 24.3 Å². The minimum absolute atomic E-state index is 0.0970. The standard InChI is InChI=1S/C18H17ClN2O6S/c1-3-15(17(22)23)27-13-8-9-16-14(10-13)20(2)18(24)21(28(16,25)26)12-6-4-11(19)5-7-12/h4-10,15H,3H2,1-2H3,(H,22,23). The molecule has 2 aromatic carbocycles. The van der Waals surface area contributed by atoms with Crippen LogP contribution in [0.1, 0.15) is 13.3 Å². The van der Waals surface area contributed by atoms with E-state index in [1.165, 1.54) is 54.4 Å². The van der Waals surface area contributed by atoms with Crippen LogP contribution in [0.15, 0.2) is 47.4 Å². The van der Waals surface area contributed by atoms with Crippen molar-refractivity contribution in [3.05, 3.63) is 47.5 Å². The summed E-state index contributed by atoms with van der Waals surface area (Å²) in [6, 6.07) is 9.07. The molecule has 10 heteroatoms. The minimum atomic E-state index is -4.17. The normalized spacial score (nSPS) is 16.5. The molecule has 0 aliphatic carbocycles. The number of nitrogens with zero attached hydrogens (tertiary/aromatic N) is 2. The smallest absolute Gasteiger partial charge is 0.344 e. The van der Waals surface area contributed by atoms with Gasteiger partial charge < -0.3 is 9.84 Å². The first kappa shape index (κ1) is 20.0. The average Bonchev–Trinajstić information content (AvgIpc) is 2.65. The zero-order valence-corrected chi connectivity index (χ0v) is 16.6. The average molecular weight is 425 g/mol. The van der Waals surface area contributed by atoms with Crippen molar-refractivity contribution in [3.8, 4) is 5.75 Å². The van der Waals surface area contributed by atoms with Crippen molar-refractivity contribution in [1.82, 2.24) is 0 Å². The molecule has 1 unspecified atom stereocenters. The van der Waals surface area contributed by atoms with E-state index in [1.54, 1.807) is 6.92 Å². The van der Waals surface area contributed by atoms with Gasteiger partial charge in [-0.15, -0.1) is 0 Å². The number of ether oxygens (including phenoxy) is 1. The Morgan fingerprint density at radius 1 is 1.21 bits per heavy atom. The second kappa shape index (κ2) is 7.33. The number of aliphatic carboxylic acids is 1. The van der Waals surface area contributed by atoms with Crippen LogP contribution < -0.4 is 13.9 Å². The predicted octanol–water partition coefficient (Wildman–Crippen LogP) is 3.35. The quantitative estimate of drug-likeness (QED) is 0.789. The highest BCUT2D eigenvalue weighted by molar-refractivity contribution is 7.94. The number of carbonyl (C=O) groups excluding carboxylic acids is 1. The van der Waals surface area contributed by atoms with Crippen molar-refractivity contribution in [2.75, 3.05) is 16.3 Å². The number of carbonyl (C=O) groups is 2. The molecule has 2 aromatic rings. The number of carboxylic acids is 1. The molecule has 2 amide bonds. The molecule has 3 rings (SSSR count). The minimum Gasteiger partial charge on any atom is -0.479 e. The summed E-state index contributed by atoms with van der Waals surface area (Å²) in [5.41, 5.74) is 0.261. The lowest BCUT2D eigenvalue weighted by Gasteiger charge is -2.34. The Labute approximate surface area is 166 Å². The summed E-state index contributed by atoms with van der Waals surface area (Å²) in [6.45, 7) is 1.65. The number of hydrogen-bond donors (Lipinski definition) is 1. The number of urea groups is 1. The van der Waals surface area contributed by atoms with Crippen LogP contribution in [0.3, 0.4) is 0 Å². The van der Waals surface area contributed by atoms with Crippen molar-refractivity contribution in [3.63, 3.8) is 0 Å². The fourth-order valence-corrected chi connectivity index (χ4v) is 4.54. The highest BCUT2D eigenvalue weighted by atomic mass is 35.5. The van der Waals surface area contributed by atoms with E-state index in [-0.39, 0.29) is 28.4 Å². The van der Waals surface area contributed by atoms with Crippen molar-refractivity contribution < 1.29 is 27.9 Å². The maximum Gasteiger partial charge on any atom is 0.344 e. The Kier molecular flexibility index (Phi) is 5.22. The zero-order chi connectivity index (χ0) is 20.6. The third-order valence-electron chi connectivity index (χ3n) is 4.26. The first-order valence-electron chi connectivity index (χ1n) is 8.29. The van der Waals surface area contributed by atoms with Gasteiger partial charge in [-0.25, -0.2) is 18.0 Å². The number of amides is 2. The van der Waals surface area contributed by atoms with Crippen molar-refractivity contribution >= 4 is 45.0 Å².